The van der Waals surface area contributed by atoms with Crippen molar-refractivity contribution in [3.05, 3.63) is 72.3 Å². The lowest BCUT2D eigenvalue weighted by molar-refractivity contribution is -0.159. The van der Waals surface area contributed by atoms with E-state index in [-0.39, 0.29) is 43.4 Å². The second-order valence-corrected chi connectivity index (χ2v) is 18.7. The number of Topliss-reactive ketones (excluding diaryl/α,β-unsaturated/α-hetero) is 1. The number of allylic oxidation sites excluding steroid dienone is 2. The smallest absolute Gasteiger partial charge is 0.307 e. The standard InChI is InChI=1S/C42H52N4O8S/c1-41(2,3)54-37(48)22-29-16-10-5-4-6-11-17-30-24-42(30,39(50)44-55(51,52)32-20-21-32)25-36(47)35-23-31(27-45(35)38(29)49)53-40-43-33-18-12-13-19-34(33)46(40)26-28-14-8-7-9-15-28/h7-9,11-15,17-19,29-32,35H,4-6,10,16,20-27H2,1-3H3,(H,44,50)/b17-11-/t29-,30-,31-,35+,42-/m1/s1. The van der Waals surface area contributed by atoms with Gasteiger partial charge in [-0.1, -0.05) is 67.5 Å². The van der Waals surface area contributed by atoms with E-state index in [1.807, 2.05) is 71.3 Å². The van der Waals surface area contributed by atoms with E-state index in [1.165, 1.54) is 4.90 Å². The number of amides is 2. The van der Waals surface area contributed by atoms with Crippen molar-refractivity contribution >= 4 is 44.6 Å². The number of ether oxygens (including phenoxy) is 2. The maximum Gasteiger partial charge on any atom is 0.307 e. The maximum atomic E-state index is 14.7. The molecule has 12 nitrogen and oxygen atoms in total. The van der Waals surface area contributed by atoms with E-state index >= 15 is 0 Å². The third-order valence-corrected chi connectivity index (χ3v) is 13.1. The molecule has 1 saturated heterocycles. The molecule has 2 aliphatic carbocycles. The summed E-state index contributed by atoms with van der Waals surface area (Å²) in [5.74, 6) is -2.83. The van der Waals surface area contributed by atoms with E-state index in [4.69, 9.17) is 14.5 Å². The molecule has 13 heteroatoms. The Labute approximate surface area is 323 Å². The van der Waals surface area contributed by atoms with Gasteiger partial charge in [-0.05, 0) is 82.9 Å². The molecule has 3 heterocycles. The molecular weight excluding hydrogens is 721 g/mol. The molecule has 1 aromatic heterocycles. The lowest BCUT2D eigenvalue weighted by atomic mass is 9.90. The highest BCUT2D eigenvalue weighted by molar-refractivity contribution is 7.90. The quantitative estimate of drug-likeness (QED) is 0.208. The fourth-order valence-corrected chi connectivity index (χ4v) is 9.50. The van der Waals surface area contributed by atoms with Gasteiger partial charge in [0.15, 0.2) is 5.78 Å². The predicted molar refractivity (Wildman–Crippen MR) is 206 cm³/mol. The number of esters is 1. The van der Waals surface area contributed by atoms with Crippen molar-refractivity contribution < 1.29 is 37.1 Å². The van der Waals surface area contributed by atoms with Gasteiger partial charge in [-0.3, -0.25) is 28.5 Å². The summed E-state index contributed by atoms with van der Waals surface area (Å²) in [7, 11) is -3.84. The van der Waals surface area contributed by atoms with E-state index in [1.54, 1.807) is 20.8 Å². The average molecular weight is 773 g/mol. The van der Waals surface area contributed by atoms with Crippen LogP contribution in [0, 0.1) is 17.3 Å². The average Bonchev–Trinajstić information content (AvgIpc) is 4.03. The number of nitrogens with zero attached hydrogens (tertiary/aromatic N) is 3. The predicted octanol–water partition coefficient (Wildman–Crippen LogP) is 5.88. The molecule has 7 rings (SSSR count). The Morgan fingerprint density at radius 2 is 1.73 bits per heavy atom. The largest absolute Gasteiger partial charge is 0.460 e. The second kappa shape index (κ2) is 15.5. The van der Waals surface area contributed by atoms with Crippen molar-refractivity contribution in [2.75, 3.05) is 6.54 Å². The maximum absolute atomic E-state index is 14.7. The first-order chi connectivity index (χ1) is 26.2. The number of ketones is 1. The Bertz CT molecular complexity index is 2070. The van der Waals surface area contributed by atoms with Crippen molar-refractivity contribution in [2.45, 2.75) is 121 Å². The Kier molecular flexibility index (Phi) is 11.0. The van der Waals surface area contributed by atoms with Crippen LogP contribution in [0.3, 0.4) is 0 Å². The number of imidazole rings is 1. The summed E-state index contributed by atoms with van der Waals surface area (Å²) in [6.45, 7) is 5.92. The highest BCUT2D eigenvalue weighted by Gasteiger charge is 2.61. The van der Waals surface area contributed by atoms with E-state index in [0.29, 0.717) is 44.7 Å². The summed E-state index contributed by atoms with van der Waals surface area (Å²) in [6, 6.07) is 17.1. The van der Waals surface area contributed by atoms with Crippen molar-refractivity contribution in [3.8, 4) is 6.01 Å². The Morgan fingerprint density at radius 3 is 2.47 bits per heavy atom. The first kappa shape index (κ1) is 38.7. The monoisotopic (exact) mass is 772 g/mol. The highest BCUT2D eigenvalue weighted by Crippen LogP contribution is 2.57. The van der Waals surface area contributed by atoms with Gasteiger partial charge in [-0.25, -0.2) is 8.42 Å². The van der Waals surface area contributed by atoms with E-state index in [9.17, 15) is 27.6 Å². The number of nitrogens with one attached hydrogen (secondary N) is 1. The molecule has 2 aromatic carbocycles. The Balaban J connectivity index is 1.20. The van der Waals surface area contributed by atoms with Crippen molar-refractivity contribution in [3.63, 3.8) is 0 Å². The van der Waals surface area contributed by atoms with Crippen molar-refractivity contribution in [2.24, 2.45) is 17.3 Å². The van der Waals surface area contributed by atoms with Gasteiger partial charge in [-0.2, -0.15) is 4.98 Å². The van der Waals surface area contributed by atoms with E-state index in [2.05, 4.69) is 4.72 Å². The molecule has 2 aliphatic heterocycles. The Hall–Kier alpha value is -4.52. The molecule has 0 unspecified atom stereocenters. The number of rotatable bonds is 9. The summed E-state index contributed by atoms with van der Waals surface area (Å²) in [4.78, 5) is 62.6. The molecule has 4 aliphatic rings. The van der Waals surface area contributed by atoms with Crippen LogP contribution in [0.25, 0.3) is 11.0 Å². The van der Waals surface area contributed by atoms with Crippen LogP contribution < -0.4 is 9.46 Å². The molecule has 0 spiro atoms. The van der Waals surface area contributed by atoms with Gasteiger partial charge < -0.3 is 14.4 Å². The van der Waals surface area contributed by atoms with Gasteiger partial charge in [0.2, 0.25) is 21.8 Å². The third-order valence-electron chi connectivity index (χ3n) is 11.2. The molecule has 3 fully saturated rings. The zero-order chi connectivity index (χ0) is 39.0. The SMILES string of the molecule is CC(C)(C)OC(=O)C[C@H]1CCCCC/C=C\[C@@H]2C[C@@]2(C(=O)NS(=O)(=O)C2CC2)CC(=O)[C@@H]2C[C@@H](Oc3nc4ccccc4n3Cc3ccccc3)CN2C1=O. The first-order valence-corrected chi connectivity index (χ1v) is 21.2. The molecule has 0 radical (unpaired) electrons. The minimum atomic E-state index is -3.84. The molecule has 294 valence electrons. The van der Waals surface area contributed by atoms with Crippen molar-refractivity contribution in [1.82, 2.24) is 19.2 Å². The highest BCUT2D eigenvalue weighted by atomic mass is 32.2. The van der Waals surface area contributed by atoms with Crippen LogP contribution in [-0.2, 0) is 40.5 Å². The van der Waals surface area contributed by atoms with Crippen LogP contribution in [0.2, 0.25) is 0 Å². The minimum absolute atomic E-state index is 0.0766. The molecule has 1 N–H and O–H groups in total. The summed E-state index contributed by atoms with van der Waals surface area (Å²) >= 11 is 0. The number of carbonyl (C=O) groups is 4. The third kappa shape index (κ3) is 8.98. The fourth-order valence-electron chi connectivity index (χ4n) is 8.12. The summed E-state index contributed by atoms with van der Waals surface area (Å²) in [5, 5.41) is -0.590. The first-order valence-electron chi connectivity index (χ1n) is 19.7. The minimum Gasteiger partial charge on any atom is -0.460 e. The van der Waals surface area contributed by atoms with Crippen LogP contribution in [-0.4, -0.2) is 76.0 Å². The lowest BCUT2D eigenvalue weighted by Crippen LogP contribution is -2.46. The zero-order valence-electron chi connectivity index (χ0n) is 31.9. The van der Waals surface area contributed by atoms with Gasteiger partial charge in [0.1, 0.15) is 11.7 Å². The number of sulfonamides is 1. The summed E-state index contributed by atoms with van der Waals surface area (Å²) in [5.41, 5.74) is 0.701. The number of para-hydroxylation sites is 2. The number of hydrogen-bond acceptors (Lipinski definition) is 9. The van der Waals surface area contributed by atoms with E-state index in [0.717, 1.165) is 35.9 Å². The number of aromatic nitrogens is 2. The number of benzene rings is 2. The molecule has 55 heavy (non-hydrogen) atoms. The van der Waals surface area contributed by atoms with Gasteiger partial charge in [0.25, 0.3) is 6.01 Å². The van der Waals surface area contributed by atoms with Gasteiger partial charge in [-0.15, -0.1) is 0 Å². The van der Waals surface area contributed by atoms with Gasteiger partial charge >= 0.3 is 5.97 Å². The molecule has 2 amide bonds. The fraction of sp³-hybridized carbons (Fsp3) is 0.548. The summed E-state index contributed by atoms with van der Waals surface area (Å²) < 4.78 is 42.4. The topological polar surface area (TPSA) is 154 Å². The van der Waals surface area contributed by atoms with Crippen LogP contribution in [0.1, 0.15) is 97.0 Å². The van der Waals surface area contributed by atoms with Crippen LogP contribution >= 0.6 is 0 Å². The van der Waals surface area contributed by atoms with Crippen molar-refractivity contribution in [1.29, 1.82) is 0 Å². The number of fused-ring (bicyclic) bond motifs is 3. The number of carbonyl (C=O) groups excluding carboxylic acids is 4. The van der Waals surface area contributed by atoms with E-state index < -0.39 is 56.2 Å². The zero-order valence-corrected chi connectivity index (χ0v) is 32.8. The van der Waals surface area contributed by atoms with Crippen LogP contribution in [0.15, 0.2) is 66.7 Å². The Morgan fingerprint density at radius 1 is 0.982 bits per heavy atom. The second-order valence-electron chi connectivity index (χ2n) is 16.8. The van der Waals surface area contributed by atoms with Crippen LogP contribution in [0.5, 0.6) is 6.01 Å². The number of hydrogen-bond donors (Lipinski definition) is 1. The molecular formula is C42H52N4O8S. The van der Waals surface area contributed by atoms with Crippen LogP contribution in [0.4, 0.5) is 0 Å². The van der Waals surface area contributed by atoms with Gasteiger partial charge in [0.05, 0.1) is 47.3 Å². The lowest BCUT2D eigenvalue weighted by Gasteiger charge is -2.29. The molecule has 2 saturated carbocycles. The normalized spacial score (nSPS) is 27.0. The molecule has 0 bridgehead atoms. The van der Waals surface area contributed by atoms with Gasteiger partial charge in [0, 0.05) is 18.8 Å². The molecule has 3 aromatic rings. The molecule has 5 atom stereocenters. The summed E-state index contributed by atoms with van der Waals surface area (Å²) in [6.07, 6.45) is 8.05.